The summed E-state index contributed by atoms with van der Waals surface area (Å²) in [6.45, 7) is 4.14. The first-order valence-corrected chi connectivity index (χ1v) is 6.80. The smallest absolute Gasteiger partial charge is 0.224 e. The highest BCUT2D eigenvalue weighted by atomic mass is 19.1. The van der Waals surface area contributed by atoms with Gasteiger partial charge in [0.2, 0.25) is 11.8 Å². The fraction of sp³-hybridized carbons (Fsp3) is 0.467. The lowest BCUT2D eigenvalue weighted by atomic mass is 10.2. The maximum Gasteiger partial charge on any atom is 0.224 e. The number of amides is 2. The Kier molecular flexibility index (Phi) is 4.37. The zero-order chi connectivity index (χ0) is 14.7. The topological polar surface area (TPSA) is 58.2 Å². The summed E-state index contributed by atoms with van der Waals surface area (Å²) >= 11 is 0. The largest absolute Gasteiger partial charge is 0.354 e. The molecule has 1 aromatic rings. The van der Waals surface area contributed by atoms with E-state index in [-0.39, 0.29) is 35.5 Å². The number of hydrogen-bond acceptors (Lipinski definition) is 2. The molecule has 0 radical (unpaired) electrons. The van der Waals surface area contributed by atoms with Crippen molar-refractivity contribution in [1.29, 1.82) is 0 Å². The van der Waals surface area contributed by atoms with Crippen LogP contribution in [0.5, 0.6) is 0 Å². The lowest BCUT2D eigenvalue weighted by Gasteiger charge is -2.08. The Labute approximate surface area is 117 Å². The standard InChI is InChI=1S/C15H19FN2O2/c1-9(2)18-15(20)13-7-12(13)14(19)17-8-10-3-5-11(16)6-4-10/h3-6,9,12-13H,7-8H2,1-2H3,(H,17,19)(H,18,20). The number of hydrogen-bond donors (Lipinski definition) is 2. The maximum absolute atomic E-state index is 12.7. The van der Waals surface area contributed by atoms with Crippen LogP contribution in [0.15, 0.2) is 24.3 Å². The normalized spacial score (nSPS) is 20.6. The van der Waals surface area contributed by atoms with E-state index in [1.165, 1.54) is 12.1 Å². The molecule has 2 unspecified atom stereocenters. The summed E-state index contributed by atoms with van der Waals surface area (Å²) in [7, 11) is 0. The van der Waals surface area contributed by atoms with Crippen molar-refractivity contribution in [3.05, 3.63) is 35.6 Å². The predicted octanol–water partition coefficient (Wildman–Crippen LogP) is 1.60. The van der Waals surface area contributed by atoms with Crippen LogP contribution in [0.3, 0.4) is 0 Å². The van der Waals surface area contributed by atoms with Crippen LogP contribution in [0.2, 0.25) is 0 Å². The van der Waals surface area contributed by atoms with E-state index in [2.05, 4.69) is 10.6 Å². The van der Waals surface area contributed by atoms with Crippen LogP contribution in [0.4, 0.5) is 4.39 Å². The minimum absolute atomic E-state index is 0.0538. The molecule has 0 saturated heterocycles. The monoisotopic (exact) mass is 278 g/mol. The molecule has 1 fully saturated rings. The summed E-state index contributed by atoms with van der Waals surface area (Å²) in [5, 5.41) is 5.59. The Morgan fingerprint density at radius 1 is 1.20 bits per heavy atom. The third-order valence-corrected chi connectivity index (χ3v) is 3.27. The molecule has 0 heterocycles. The second kappa shape index (κ2) is 6.03. The van der Waals surface area contributed by atoms with Crippen molar-refractivity contribution in [3.8, 4) is 0 Å². The number of carbonyl (C=O) groups is 2. The zero-order valence-corrected chi connectivity index (χ0v) is 11.7. The van der Waals surface area contributed by atoms with Crippen molar-refractivity contribution >= 4 is 11.8 Å². The van der Waals surface area contributed by atoms with Gasteiger partial charge in [-0.05, 0) is 38.0 Å². The predicted molar refractivity (Wildman–Crippen MR) is 73.1 cm³/mol. The summed E-state index contributed by atoms with van der Waals surface area (Å²) in [5.74, 6) is -0.896. The van der Waals surface area contributed by atoms with Gasteiger partial charge in [0.25, 0.3) is 0 Å². The summed E-state index contributed by atoms with van der Waals surface area (Å²) in [6.07, 6.45) is 0.605. The van der Waals surface area contributed by atoms with E-state index in [1.807, 2.05) is 13.8 Å². The summed E-state index contributed by atoms with van der Waals surface area (Å²) in [6, 6.07) is 6.07. The molecule has 108 valence electrons. The van der Waals surface area contributed by atoms with Gasteiger partial charge in [0.15, 0.2) is 0 Å². The molecular formula is C15H19FN2O2. The van der Waals surface area contributed by atoms with Crippen LogP contribution in [0.25, 0.3) is 0 Å². The average Bonchev–Trinajstić information content (AvgIpc) is 3.17. The molecule has 2 amide bonds. The average molecular weight is 278 g/mol. The minimum Gasteiger partial charge on any atom is -0.354 e. The van der Waals surface area contributed by atoms with Gasteiger partial charge < -0.3 is 10.6 Å². The molecule has 1 saturated carbocycles. The molecule has 0 spiro atoms. The SMILES string of the molecule is CC(C)NC(=O)C1CC1C(=O)NCc1ccc(F)cc1. The van der Waals surface area contributed by atoms with Crippen molar-refractivity contribution < 1.29 is 14.0 Å². The third-order valence-electron chi connectivity index (χ3n) is 3.27. The molecule has 0 aromatic heterocycles. The van der Waals surface area contributed by atoms with Gasteiger partial charge in [-0.3, -0.25) is 9.59 Å². The first-order chi connectivity index (χ1) is 9.47. The van der Waals surface area contributed by atoms with E-state index in [0.29, 0.717) is 13.0 Å². The molecule has 0 aliphatic heterocycles. The fourth-order valence-electron chi connectivity index (χ4n) is 2.09. The highest BCUT2D eigenvalue weighted by Crippen LogP contribution is 2.38. The van der Waals surface area contributed by atoms with E-state index in [0.717, 1.165) is 5.56 Å². The molecule has 2 atom stereocenters. The molecule has 20 heavy (non-hydrogen) atoms. The van der Waals surface area contributed by atoms with Crippen LogP contribution >= 0.6 is 0 Å². The second-order valence-electron chi connectivity index (χ2n) is 5.46. The van der Waals surface area contributed by atoms with E-state index in [4.69, 9.17) is 0 Å². The quantitative estimate of drug-likeness (QED) is 0.859. The highest BCUT2D eigenvalue weighted by Gasteiger charge is 2.47. The summed E-state index contributed by atoms with van der Waals surface area (Å²) in [5.41, 5.74) is 0.837. The van der Waals surface area contributed by atoms with Crippen LogP contribution in [-0.2, 0) is 16.1 Å². The van der Waals surface area contributed by atoms with Gasteiger partial charge >= 0.3 is 0 Å². The van der Waals surface area contributed by atoms with Crippen LogP contribution in [0, 0.1) is 17.7 Å². The van der Waals surface area contributed by atoms with Crippen molar-refractivity contribution in [1.82, 2.24) is 10.6 Å². The molecule has 2 N–H and O–H groups in total. The Morgan fingerprint density at radius 2 is 1.80 bits per heavy atom. The van der Waals surface area contributed by atoms with Gasteiger partial charge in [-0.2, -0.15) is 0 Å². The molecule has 4 nitrogen and oxygen atoms in total. The summed E-state index contributed by atoms with van der Waals surface area (Å²) < 4.78 is 12.7. The van der Waals surface area contributed by atoms with Gasteiger partial charge in [-0.1, -0.05) is 12.1 Å². The fourth-order valence-corrected chi connectivity index (χ4v) is 2.09. The molecule has 5 heteroatoms. The van der Waals surface area contributed by atoms with Crippen LogP contribution < -0.4 is 10.6 Å². The molecule has 0 bridgehead atoms. The molecular weight excluding hydrogens is 259 g/mol. The summed E-state index contributed by atoms with van der Waals surface area (Å²) in [4.78, 5) is 23.6. The van der Waals surface area contributed by atoms with Gasteiger partial charge in [0.1, 0.15) is 5.82 Å². The number of halogens is 1. The van der Waals surface area contributed by atoms with Crippen LogP contribution in [0.1, 0.15) is 25.8 Å². The van der Waals surface area contributed by atoms with Crippen molar-refractivity contribution in [2.45, 2.75) is 32.9 Å². The first-order valence-electron chi connectivity index (χ1n) is 6.80. The zero-order valence-electron chi connectivity index (χ0n) is 11.7. The van der Waals surface area contributed by atoms with E-state index < -0.39 is 0 Å². The lowest BCUT2D eigenvalue weighted by molar-refractivity contribution is -0.127. The number of benzene rings is 1. The highest BCUT2D eigenvalue weighted by molar-refractivity contribution is 5.92. The van der Waals surface area contributed by atoms with Gasteiger partial charge in [0, 0.05) is 12.6 Å². The van der Waals surface area contributed by atoms with Gasteiger partial charge in [0.05, 0.1) is 11.8 Å². The van der Waals surface area contributed by atoms with Crippen molar-refractivity contribution in [2.24, 2.45) is 11.8 Å². The van der Waals surface area contributed by atoms with Gasteiger partial charge in [-0.15, -0.1) is 0 Å². The number of nitrogens with one attached hydrogen (secondary N) is 2. The Hall–Kier alpha value is -1.91. The van der Waals surface area contributed by atoms with E-state index >= 15 is 0 Å². The van der Waals surface area contributed by atoms with E-state index in [1.54, 1.807) is 12.1 Å². The molecule has 1 aliphatic rings. The van der Waals surface area contributed by atoms with Crippen molar-refractivity contribution in [2.75, 3.05) is 0 Å². The Bertz CT molecular complexity index is 499. The number of carbonyl (C=O) groups excluding carboxylic acids is 2. The van der Waals surface area contributed by atoms with Crippen molar-refractivity contribution in [3.63, 3.8) is 0 Å². The minimum atomic E-state index is -0.298. The Morgan fingerprint density at radius 3 is 2.40 bits per heavy atom. The molecule has 2 rings (SSSR count). The van der Waals surface area contributed by atoms with E-state index in [9.17, 15) is 14.0 Å². The molecule has 1 aromatic carbocycles. The van der Waals surface area contributed by atoms with Crippen LogP contribution in [-0.4, -0.2) is 17.9 Å². The number of rotatable bonds is 5. The Balaban J connectivity index is 1.77. The first kappa shape index (κ1) is 14.5. The molecule has 1 aliphatic carbocycles. The third kappa shape index (κ3) is 3.79. The maximum atomic E-state index is 12.7. The lowest BCUT2D eigenvalue weighted by Crippen LogP contribution is -2.33. The second-order valence-corrected chi connectivity index (χ2v) is 5.46. The van der Waals surface area contributed by atoms with Gasteiger partial charge in [-0.25, -0.2) is 4.39 Å².